The van der Waals surface area contributed by atoms with E-state index in [0.29, 0.717) is 17.6 Å². The molecule has 1 rings (SSSR count). The lowest BCUT2D eigenvalue weighted by Gasteiger charge is -2.20. The minimum atomic E-state index is 0.402. The molecule has 0 amide bonds. The summed E-state index contributed by atoms with van der Waals surface area (Å²) in [6.45, 7) is 8.83. The Balaban J connectivity index is 2.58. The summed E-state index contributed by atoms with van der Waals surface area (Å²) < 4.78 is 5.58. The summed E-state index contributed by atoms with van der Waals surface area (Å²) >= 11 is 0. The van der Waals surface area contributed by atoms with Crippen LogP contribution in [0.3, 0.4) is 0 Å². The Morgan fingerprint density at radius 1 is 1.33 bits per heavy atom. The van der Waals surface area contributed by atoms with Gasteiger partial charge in [-0.1, -0.05) is 13.8 Å². The SMILES string of the molecule is CC1CC(C)(C)C(C)O1. The van der Waals surface area contributed by atoms with E-state index in [2.05, 4.69) is 27.7 Å². The van der Waals surface area contributed by atoms with Gasteiger partial charge in [0.15, 0.2) is 0 Å². The topological polar surface area (TPSA) is 9.23 Å². The lowest BCUT2D eigenvalue weighted by molar-refractivity contribution is 0.0406. The summed E-state index contributed by atoms with van der Waals surface area (Å²) in [5.41, 5.74) is 0.402. The van der Waals surface area contributed by atoms with Gasteiger partial charge in [0.2, 0.25) is 0 Å². The second kappa shape index (κ2) is 1.98. The Hall–Kier alpha value is -0.0400. The van der Waals surface area contributed by atoms with Gasteiger partial charge in [0.1, 0.15) is 0 Å². The van der Waals surface area contributed by atoms with Crippen LogP contribution in [0.4, 0.5) is 0 Å². The van der Waals surface area contributed by atoms with Crippen LogP contribution in [0.5, 0.6) is 0 Å². The van der Waals surface area contributed by atoms with E-state index in [-0.39, 0.29) is 0 Å². The first kappa shape index (κ1) is 7.07. The first-order valence-electron chi connectivity index (χ1n) is 3.68. The molecule has 1 nitrogen and oxygen atoms in total. The predicted octanol–water partition coefficient (Wildman–Crippen LogP) is 2.21. The Morgan fingerprint density at radius 3 is 2.00 bits per heavy atom. The molecule has 0 aromatic rings. The van der Waals surface area contributed by atoms with Crippen molar-refractivity contribution in [2.24, 2.45) is 5.41 Å². The smallest absolute Gasteiger partial charge is 0.0602 e. The zero-order valence-corrected chi connectivity index (χ0v) is 6.77. The van der Waals surface area contributed by atoms with Gasteiger partial charge in [-0.2, -0.15) is 0 Å². The maximum Gasteiger partial charge on any atom is 0.0602 e. The molecule has 1 saturated heterocycles. The molecule has 1 heterocycles. The van der Waals surface area contributed by atoms with Gasteiger partial charge in [-0.3, -0.25) is 0 Å². The van der Waals surface area contributed by atoms with E-state index in [1.165, 1.54) is 6.42 Å². The van der Waals surface area contributed by atoms with E-state index < -0.39 is 0 Å². The van der Waals surface area contributed by atoms with Crippen molar-refractivity contribution < 1.29 is 4.74 Å². The van der Waals surface area contributed by atoms with Crippen LogP contribution in [0.1, 0.15) is 34.1 Å². The van der Waals surface area contributed by atoms with Crippen molar-refractivity contribution in [3.63, 3.8) is 0 Å². The molecule has 1 fully saturated rings. The summed E-state index contributed by atoms with van der Waals surface area (Å²) in [6.07, 6.45) is 2.11. The second-order valence-corrected chi connectivity index (χ2v) is 3.78. The minimum Gasteiger partial charge on any atom is -0.375 e. The molecule has 0 bridgehead atoms. The number of hydrogen-bond donors (Lipinski definition) is 0. The fourth-order valence-corrected chi connectivity index (χ4v) is 1.49. The average Bonchev–Trinajstić information content (AvgIpc) is 1.79. The molecular formula is C8H16O. The standard InChI is InChI=1S/C8H16O/c1-6-5-8(3,4)7(2)9-6/h6-7H,5H2,1-4H3. The minimum absolute atomic E-state index is 0.402. The highest BCUT2D eigenvalue weighted by Crippen LogP contribution is 2.36. The van der Waals surface area contributed by atoms with E-state index in [0.717, 1.165) is 0 Å². The third kappa shape index (κ3) is 1.26. The largest absolute Gasteiger partial charge is 0.375 e. The van der Waals surface area contributed by atoms with Crippen molar-refractivity contribution >= 4 is 0 Å². The molecule has 0 aromatic heterocycles. The molecule has 2 atom stereocenters. The van der Waals surface area contributed by atoms with E-state index in [1.54, 1.807) is 0 Å². The molecule has 9 heavy (non-hydrogen) atoms. The molecule has 0 saturated carbocycles. The molecule has 0 aliphatic carbocycles. The zero-order valence-electron chi connectivity index (χ0n) is 6.77. The fraction of sp³-hybridized carbons (Fsp3) is 1.00. The summed E-state index contributed by atoms with van der Waals surface area (Å²) in [5, 5.41) is 0. The Bertz CT molecular complexity index is 107. The van der Waals surface area contributed by atoms with Gasteiger partial charge in [-0.15, -0.1) is 0 Å². The molecule has 2 unspecified atom stereocenters. The van der Waals surface area contributed by atoms with E-state index >= 15 is 0 Å². The van der Waals surface area contributed by atoms with Crippen LogP contribution in [-0.2, 0) is 4.74 Å². The van der Waals surface area contributed by atoms with E-state index in [1.807, 2.05) is 0 Å². The van der Waals surface area contributed by atoms with Crippen molar-refractivity contribution in [1.29, 1.82) is 0 Å². The zero-order chi connectivity index (χ0) is 7.07. The molecular weight excluding hydrogens is 112 g/mol. The molecule has 0 N–H and O–H groups in total. The van der Waals surface area contributed by atoms with Crippen molar-refractivity contribution in [3.8, 4) is 0 Å². The summed E-state index contributed by atoms with van der Waals surface area (Å²) in [7, 11) is 0. The lowest BCUT2D eigenvalue weighted by Crippen LogP contribution is -2.19. The molecule has 0 aromatic carbocycles. The predicted molar refractivity (Wildman–Crippen MR) is 38.4 cm³/mol. The van der Waals surface area contributed by atoms with Gasteiger partial charge in [-0.25, -0.2) is 0 Å². The Kier molecular flexibility index (Phi) is 1.55. The number of hydrogen-bond acceptors (Lipinski definition) is 1. The van der Waals surface area contributed by atoms with E-state index in [9.17, 15) is 0 Å². The Morgan fingerprint density at radius 2 is 1.89 bits per heavy atom. The van der Waals surface area contributed by atoms with Gasteiger partial charge < -0.3 is 4.74 Å². The van der Waals surface area contributed by atoms with E-state index in [4.69, 9.17) is 4.74 Å². The second-order valence-electron chi connectivity index (χ2n) is 3.78. The maximum atomic E-state index is 5.58. The van der Waals surface area contributed by atoms with Gasteiger partial charge in [0.05, 0.1) is 12.2 Å². The monoisotopic (exact) mass is 128 g/mol. The average molecular weight is 128 g/mol. The molecule has 0 spiro atoms. The van der Waals surface area contributed by atoms with Crippen LogP contribution in [0.2, 0.25) is 0 Å². The molecule has 1 aliphatic rings. The van der Waals surface area contributed by atoms with Crippen molar-refractivity contribution in [2.45, 2.75) is 46.3 Å². The quantitative estimate of drug-likeness (QED) is 0.486. The van der Waals surface area contributed by atoms with Crippen molar-refractivity contribution in [3.05, 3.63) is 0 Å². The third-order valence-corrected chi connectivity index (χ3v) is 2.35. The maximum absolute atomic E-state index is 5.58. The first-order chi connectivity index (χ1) is 4.02. The highest BCUT2D eigenvalue weighted by Gasteiger charge is 2.36. The van der Waals surface area contributed by atoms with Crippen molar-refractivity contribution in [1.82, 2.24) is 0 Å². The summed E-state index contributed by atoms with van der Waals surface area (Å²) in [6, 6.07) is 0. The van der Waals surface area contributed by atoms with Gasteiger partial charge >= 0.3 is 0 Å². The summed E-state index contributed by atoms with van der Waals surface area (Å²) in [5.74, 6) is 0. The molecule has 1 aliphatic heterocycles. The normalized spacial score (nSPS) is 41.3. The summed E-state index contributed by atoms with van der Waals surface area (Å²) in [4.78, 5) is 0. The van der Waals surface area contributed by atoms with Crippen LogP contribution < -0.4 is 0 Å². The van der Waals surface area contributed by atoms with Crippen LogP contribution >= 0.6 is 0 Å². The highest BCUT2D eigenvalue weighted by molar-refractivity contribution is 4.84. The third-order valence-electron chi connectivity index (χ3n) is 2.35. The van der Waals surface area contributed by atoms with Crippen LogP contribution in [0.15, 0.2) is 0 Å². The molecule has 0 radical (unpaired) electrons. The van der Waals surface area contributed by atoms with Crippen LogP contribution in [-0.4, -0.2) is 12.2 Å². The van der Waals surface area contributed by atoms with Gasteiger partial charge in [0, 0.05) is 0 Å². The molecule has 1 heteroatoms. The van der Waals surface area contributed by atoms with Crippen LogP contribution in [0, 0.1) is 5.41 Å². The molecule has 54 valence electrons. The Labute approximate surface area is 57.4 Å². The number of ether oxygens (including phenoxy) is 1. The lowest BCUT2D eigenvalue weighted by atomic mass is 9.85. The van der Waals surface area contributed by atoms with Crippen molar-refractivity contribution in [2.75, 3.05) is 0 Å². The number of rotatable bonds is 0. The van der Waals surface area contributed by atoms with Crippen LogP contribution in [0.25, 0.3) is 0 Å². The van der Waals surface area contributed by atoms with Gasteiger partial charge in [-0.05, 0) is 25.7 Å². The fourth-order valence-electron chi connectivity index (χ4n) is 1.49. The van der Waals surface area contributed by atoms with Gasteiger partial charge in [0.25, 0.3) is 0 Å². The highest BCUT2D eigenvalue weighted by atomic mass is 16.5. The first-order valence-corrected chi connectivity index (χ1v) is 3.68.